The van der Waals surface area contributed by atoms with Crippen LogP contribution in [0.25, 0.3) is 0 Å². The summed E-state index contributed by atoms with van der Waals surface area (Å²) in [5, 5.41) is 0. The molecule has 0 aromatic heterocycles. The van der Waals surface area contributed by atoms with Crippen molar-refractivity contribution in [3.63, 3.8) is 0 Å². The Balaban J connectivity index is 1.17. The van der Waals surface area contributed by atoms with Crippen LogP contribution in [0.3, 0.4) is 0 Å². The number of rotatable bonds is 10. The Labute approximate surface area is 275 Å². The van der Waals surface area contributed by atoms with Gasteiger partial charge in [-0.25, -0.2) is 0 Å². The number of anilines is 6. The number of aryl methyl sites for hydroxylation is 4. The molecule has 46 heavy (non-hydrogen) atoms. The molecule has 0 saturated heterocycles. The molecule has 0 aliphatic heterocycles. The van der Waals surface area contributed by atoms with Crippen molar-refractivity contribution in [2.75, 3.05) is 16.8 Å². The van der Waals surface area contributed by atoms with Gasteiger partial charge in [-0.05, 0) is 141 Å². The van der Waals surface area contributed by atoms with E-state index in [1.165, 1.54) is 56.1 Å². The third-order valence-electron chi connectivity index (χ3n) is 8.33. The minimum Gasteiger partial charge on any atom is -0.310 e. The quantitative estimate of drug-likeness (QED) is 0.155. The van der Waals surface area contributed by atoms with E-state index in [0.29, 0.717) is 0 Å². The van der Waals surface area contributed by atoms with Crippen molar-refractivity contribution in [2.24, 2.45) is 0 Å². The maximum Gasteiger partial charge on any atom is 0.0464 e. The van der Waals surface area contributed by atoms with Crippen molar-refractivity contribution < 1.29 is 0 Å². The Morgan fingerprint density at radius 2 is 0.630 bits per heavy atom. The molecule has 6 aromatic carbocycles. The van der Waals surface area contributed by atoms with Gasteiger partial charge >= 0.3 is 0 Å². The molecule has 6 rings (SSSR count). The zero-order valence-corrected chi connectivity index (χ0v) is 27.6. The van der Waals surface area contributed by atoms with Crippen molar-refractivity contribution >= 4 is 34.1 Å². The first-order chi connectivity index (χ1) is 22.3. The molecule has 0 radical (unpaired) electrons. The van der Waals surface area contributed by atoms with Gasteiger partial charge in [0.25, 0.3) is 0 Å². The van der Waals surface area contributed by atoms with E-state index in [1.807, 2.05) is 0 Å². The topological polar surface area (TPSA) is 9.72 Å². The summed E-state index contributed by atoms with van der Waals surface area (Å²) in [4.78, 5) is 7.06. The smallest absolute Gasteiger partial charge is 0.0464 e. The second-order valence-electron chi connectivity index (χ2n) is 12.5. The normalized spacial score (nSPS) is 11.1. The first kappa shape index (κ1) is 30.9. The molecule has 0 unspecified atom stereocenters. The van der Waals surface area contributed by atoms with Crippen LogP contribution in [0.5, 0.6) is 0 Å². The van der Waals surface area contributed by atoms with Crippen molar-refractivity contribution in [2.45, 2.75) is 40.8 Å². The van der Waals surface area contributed by atoms with Crippen LogP contribution < -0.4 is 9.80 Å². The van der Waals surface area contributed by atoms with Gasteiger partial charge in [0.2, 0.25) is 0 Å². The first-order valence-corrected chi connectivity index (χ1v) is 16.1. The van der Waals surface area contributed by atoms with E-state index in [0.717, 1.165) is 24.5 Å². The third-order valence-corrected chi connectivity index (χ3v) is 8.33. The molecule has 0 heterocycles. The van der Waals surface area contributed by atoms with Gasteiger partial charge in [0, 0.05) is 47.2 Å². The Hall–Kier alpha value is -5.12. The lowest BCUT2D eigenvalue weighted by Gasteiger charge is -2.27. The molecule has 0 spiro atoms. The summed E-state index contributed by atoms with van der Waals surface area (Å²) in [6.45, 7) is 10.3. The minimum absolute atomic E-state index is 0.871. The average Bonchev–Trinajstić information content (AvgIpc) is 3.03. The molecule has 230 valence electrons. The largest absolute Gasteiger partial charge is 0.310 e. The van der Waals surface area contributed by atoms with Crippen molar-refractivity contribution in [1.29, 1.82) is 0 Å². The van der Waals surface area contributed by atoms with E-state index in [1.54, 1.807) is 0 Å². The Morgan fingerprint density at radius 3 is 0.891 bits per heavy atom. The Kier molecular flexibility index (Phi) is 9.33. The van der Waals surface area contributed by atoms with Gasteiger partial charge in [-0.15, -0.1) is 0 Å². The summed E-state index contributed by atoms with van der Waals surface area (Å²) in [5.41, 5.74) is 14.6. The lowest BCUT2D eigenvalue weighted by atomic mass is 10.1. The maximum atomic E-state index is 2.38. The standard InChI is InChI=1S/C43H43N3/c1-32-10-6-14-40(26-32)45(41-15-7-11-33(2)27-41)38-22-18-36(19-23-38)30-44(5)31-37-20-24-39(25-21-37)46(42-16-8-12-34(3)28-42)43-17-9-13-35(4)29-43/h6-29H,30-31H2,1-5H3. The molecule has 0 N–H and O–H groups in total. The molecule has 0 aliphatic carbocycles. The fourth-order valence-corrected chi connectivity index (χ4v) is 6.14. The fourth-order valence-electron chi connectivity index (χ4n) is 6.14. The molecule has 0 atom stereocenters. The van der Waals surface area contributed by atoms with Crippen LogP contribution >= 0.6 is 0 Å². The van der Waals surface area contributed by atoms with Gasteiger partial charge in [-0.3, -0.25) is 4.90 Å². The second kappa shape index (κ2) is 13.9. The zero-order valence-electron chi connectivity index (χ0n) is 27.6. The Bertz CT molecular complexity index is 1680. The van der Waals surface area contributed by atoms with Gasteiger partial charge in [0.15, 0.2) is 0 Å². The van der Waals surface area contributed by atoms with E-state index < -0.39 is 0 Å². The summed E-state index contributed by atoms with van der Waals surface area (Å²) in [6, 6.07) is 52.8. The molecule has 0 fully saturated rings. The van der Waals surface area contributed by atoms with Crippen LogP contribution in [-0.2, 0) is 13.1 Å². The molecule has 3 nitrogen and oxygen atoms in total. The fraction of sp³-hybridized carbons (Fsp3) is 0.163. The lowest BCUT2D eigenvalue weighted by Crippen LogP contribution is -2.17. The molecule has 3 heteroatoms. The number of nitrogens with zero attached hydrogens (tertiary/aromatic N) is 3. The highest BCUT2D eigenvalue weighted by molar-refractivity contribution is 5.78. The summed E-state index contributed by atoms with van der Waals surface area (Å²) in [5.74, 6) is 0. The summed E-state index contributed by atoms with van der Waals surface area (Å²) in [6.07, 6.45) is 0. The van der Waals surface area contributed by atoms with E-state index in [-0.39, 0.29) is 0 Å². The predicted molar refractivity (Wildman–Crippen MR) is 196 cm³/mol. The maximum absolute atomic E-state index is 2.38. The van der Waals surface area contributed by atoms with Crippen LogP contribution in [-0.4, -0.2) is 11.9 Å². The first-order valence-electron chi connectivity index (χ1n) is 16.1. The highest BCUT2D eigenvalue weighted by Crippen LogP contribution is 2.37. The molecule has 0 bridgehead atoms. The number of benzene rings is 6. The number of hydrogen-bond acceptors (Lipinski definition) is 3. The SMILES string of the molecule is Cc1cccc(N(c2ccc(CN(C)Cc3ccc(N(c4cccc(C)c4)c4cccc(C)c4)cc3)cc2)c2cccc(C)c2)c1. The van der Waals surface area contributed by atoms with Crippen LogP contribution in [0.1, 0.15) is 33.4 Å². The van der Waals surface area contributed by atoms with Gasteiger partial charge in [0.1, 0.15) is 0 Å². The van der Waals surface area contributed by atoms with Crippen molar-refractivity contribution in [3.05, 3.63) is 179 Å². The summed E-state index contributed by atoms with van der Waals surface area (Å²) < 4.78 is 0. The van der Waals surface area contributed by atoms with E-state index in [4.69, 9.17) is 0 Å². The molecule has 0 amide bonds. The van der Waals surface area contributed by atoms with Gasteiger partial charge < -0.3 is 9.80 Å². The van der Waals surface area contributed by atoms with E-state index in [9.17, 15) is 0 Å². The predicted octanol–water partition coefficient (Wildman–Crippen LogP) is 11.5. The second-order valence-corrected chi connectivity index (χ2v) is 12.5. The summed E-state index contributed by atoms with van der Waals surface area (Å²) >= 11 is 0. The summed E-state index contributed by atoms with van der Waals surface area (Å²) in [7, 11) is 2.19. The Morgan fingerprint density at radius 1 is 0.348 bits per heavy atom. The average molecular weight is 602 g/mol. The van der Waals surface area contributed by atoms with Crippen LogP contribution in [0.4, 0.5) is 34.1 Å². The van der Waals surface area contributed by atoms with Crippen LogP contribution in [0.15, 0.2) is 146 Å². The van der Waals surface area contributed by atoms with Crippen LogP contribution in [0, 0.1) is 27.7 Å². The minimum atomic E-state index is 0.871. The molecule has 0 saturated carbocycles. The van der Waals surface area contributed by atoms with Gasteiger partial charge in [-0.1, -0.05) is 72.8 Å². The van der Waals surface area contributed by atoms with Gasteiger partial charge in [-0.2, -0.15) is 0 Å². The van der Waals surface area contributed by atoms with Crippen LogP contribution in [0.2, 0.25) is 0 Å². The van der Waals surface area contributed by atoms with Gasteiger partial charge in [0.05, 0.1) is 0 Å². The highest BCUT2D eigenvalue weighted by Gasteiger charge is 2.15. The zero-order chi connectivity index (χ0) is 32.0. The number of hydrogen-bond donors (Lipinski definition) is 0. The monoisotopic (exact) mass is 601 g/mol. The third kappa shape index (κ3) is 7.39. The van der Waals surface area contributed by atoms with Crippen molar-refractivity contribution in [1.82, 2.24) is 4.90 Å². The van der Waals surface area contributed by atoms with E-state index in [2.05, 4.69) is 195 Å². The molecule has 0 aliphatic rings. The van der Waals surface area contributed by atoms with Crippen molar-refractivity contribution in [3.8, 4) is 0 Å². The molecule has 6 aromatic rings. The highest BCUT2D eigenvalue weighted by atomic mass is 15.1. The lowest BCUT2D eigenvalue weighted by molar-refractivity contribution is 0.319. The van der Waals surface area contributed by atoms with E-state index >= 15 is 0 Å². The molecular weight excluding hydrogens is 558 g/mol. The molecular formula is C43H43N3.